The van der Waals surface area contributed by atoms with Crippen LogP contribution in [0.3, 0.4) is 0 Å². The van der Waals surface area contributed by atoms with Crippen LogP contribution in [0.2, 0.25) is 0 Å². The highest BCUT2D eigenvalue weighted by atomic mass is 32.1. The highest BCUT2D eigenvalue weighted by molar-refractivity contribution is 7.13. The second-order valence-electron chi connectivity index (χ2n) is 3.28. The lowest BCUT2D eigenvalue weighted by molar-refractivity contribution is 0.0952. The van der Waals surface area contributed by atoms with Crippen LogP contribution in [0.4, 0.5) is 0 Å². The van der Waals surface area contributed by atoms with Gasteiger partial charge in [0.05, 0.1) is 21.8 Å². The van der Waals surface area contributed by atoms with Gasteiger partial charge in [-0.3, -0.25) is 15.2 Å². The molecule has 0 aliphatic carbocycles. The fourth-order valence-electron chi connectivity index (χ4n) is 1.44. The summed E-state index contributed by atoms with van der Waals surface area (Å²) in [5.74, 6) is 4.76. The average Bonchev–Trinajstić information content (AvgIpc) is 2.81. The first-order valence-electron chi connectivity index (χ1n) is 4.75. The van der Waals surface area contributed by atoms with Crippen molar-refractivity contribution in [2.24, 2.45) is 5.84 Å². The first kappa shape index (κ1) is 10.8. The fourth-order valence-corrected chi connectivity index (χ4v) is 2.14. The van der Waals surface area contributed by atoms with Crippen LogP contribution in [0.5, 0.6) is 0 Å². The Morgan fingerprint density at radius 1 is 1.44 bits per heavy atom. The van der Waals surface area contributed by atoms with E-state index in [0.717, 1.165) is 10.6 Å². The van der Waals surface area contributed by atoms with Gasteiger partial charge in [0.25, 0.3) is 5.91 Å². The Kier molecular flexibility index (Phi) is 2.98. The zero-order valence-electron chi connectivity index (χ0n) is 8.73. The monoisotopic (exact) mass is 233 g/mol. The predicted molar refractivity (Wildman–Crippen MR) is 63.9 cm³/mol. The molecule has 4 nitrogen and oxygen atoms in total. The molecule has 0 bridgehead atoms. The van der Waals surface area contributed by atoms with Gasteiger partial charge >= 0.3 is 0 Å². The molecule has 0 aliphatic rings. The SMILES string of the molecule is Cc1nc(-c2cccs2)ccc1C(=O)NN. The van der Waals surface area contributed by atoms with Gasteiger partial charge in [-0.05, 0) is 30.5 Å². The van der Waals surface area contributed by atoms with Crippen molar-refractivity contribution >= 4 is 17.2 Å². The molecule has 0 saturated carbocycles. The summed E-state index contributed by atoms with van der Waals surface area (Å²) in [6.45, 7) is 1.79. The molecule has 3 N–H and O–H groups in total. The van der Waals surface area contributed by atoms with Gasteiger partial charge in [0.2, 0.25) is 0 Å². The number of hydrazine groups is 1. The maximum absolute atomic E-state index is 11.4. The number of nitrogens with one attached hydrogen (secondary N) is 1. The molecule has 2 aromatic heterocycles. The summed E-state index contributed by atoms with van der Waals surface area (Å²) in [6.07, 6.45) is 0. The molecule has 0 radical (unpaired) electrons. The number of amides is 1. The van der Waals surface area contributed by atoms with E-state index < -0.39 is 0 Å². The molecule has 0 unspecified atom stereocenters. The number of nitrogen functional groups attached to an aromatic ring is 1. The minimum atomic E-state index is -0.317. The molecule has 0 aromatic carbocycles. The lowest BCUT2D eigenvalue weighted by atomic mass is 10.1. The molecule has 2 rings (SSSR count). The Morgan fingerprint density at radius 2 is 2.25 bits per heavy atom. The Labute approximate surface area is 97.1 Å². The summed E-state index contributed by atoms with van der Waals surface area (Å²) in [5.41, 5.74) is 4.15. The largest absolute Gasteiger partial charge is 0.290 e. The summed E-state index contributed by atoms with van der Waals surface area (Å²) >= 11 is 1.62. The number of hydrogen-bond acceptors (Lipinski definition) is 4. The van der Waals surface area contributed by atoms with Gasteiger partial charge in [0.1, 0.15) is 0 Å². The van der Waals surface area contributed by atoms with Crippen molar-refractivity contribution in [2.45, 2.75) is 6.92 Å². The number of rotatable bonds is 2. The molecule has 0 saturated heterocycles. The first-order valence-corrected chi connectivity index (χ1v) is 5.63. The molecule has 82 valence electrons. The molecular weight excluding hydrogens is 222 g/mol. The Balaban J connectivity index is 2.41. The number of hydrogen-bond donors (Lipinski definition) is 2. The molecule has 1 amide bonds. The number of nitrogens with zero attached hydrogens (tertiary/aromatic N) is 1. The number of aryl methyl sites for hydroxylation is 1. The van der Waals surface area contributed by atoms with Crippen molar-refractivity contribution < 1.29 is 4.79 Å². The van der Waals surface area contributed by atoms with E-state index in [0.29, 0.717) is 11.3 Å². The second kappa shape index (κ2) is 4.42. The van der Waals surface area contributed by atoms with E-state index in [-0.39, 0.29) is 5.91 Å². The topological polar surface area (TPSA) is 68.0 Å². The molecule has 0 spiro atoms. The van der Waals surface area contributed by atoms with Gasteiger partial charge in [-0.2, -0.15) is 0 Å². The maximum atomic E-state index is 11.4. The smallest absolute Gasteiger partial charge is 0.267 e. The van der Waals surface area contributed by atoms with Crippen molar-refractivity contribution in [1.29, 1.82) is 0 Å². The van der Waals surface area contributed by atoms with Crippen LogP contribution in [-0.2, 0) is 0 Å². The zero-order valence-corrected chi connectivity index (χ0v) is 9.54. The summed E-state index contributed by atoms with van der Waals surface area (Å²) in [6, 6.07) is 7.52. The minimum Gasteiger partial charge on any atom is -0.290 e. The molecule has 2 aromatic rings. The summed E-state index contributed by atoms with van der Waals surface area (Å²) in [4.78, 5) is 16.8. The highest BCUT2D eigenvalue weighted by Crippen LogP contribution is 2.23. The molecule has 0 fully saturated rings. The Hall–Kier alpha value is -1.72. The van der Waals surface area contributed by atoms with Crippen molar-refractivity contribution in [1.82, 2.24) is 10.4 Å². The number of carbonyl (C=O) groups is 1. The standard InChI is InChI=1S/C11H11N3OS/c1-7-8(11(15)14-12)4-5-9(13-7)10-3-2-6-16-10/h2-6H,12H2,1H3,(H,14,15). The quantitative estimate of drug-likeness (QED) is 0.471. The third kappa shape index (κ3) is 1.95. The molecule has 0 aliphatic heterocycles. The molecular formula is C11H11N3OS. The highest BCUT2D eigenvalue weighted by Gasteiger charge is 2.10. The van der Waals surface area contributed by atoms with Gasteiger partial charge in [-0.1, -0.05) is 6.07 Å². The predicted octanol–water partition coefficient (Wildman–Crippen LogP) is 1.72. The summed E-state index contributed by atoms with van der Waals surface area (Å²) in [7, 11) is 0. The third-order valence-electron chi connectivity index (χ3n) is 2.24. The number of aromatic nitrogens is 1. The molecule has 0 atom stereocenters. The maximum Gasteiger partial charge on any atom is 0.267 e. The van der Waals surface area contributed by atoms with E-state index in [1.165, 1.54) is 0 Å². The molecule has 5 heteroatoms. The van der Waals surface area contributed by atoms with E-state index in [9.17, 15) is 4.79 Å². The lowest BCUT2D eigenvalue weighted by Gasteiger charge is -2.05. The molecule has 2 heterocycles. The van der Waals surface area contributed by atoms with E-state index >= 15 is 0 Å². The van der Waals surface area contributed by atoms with Crippen LogP contribution in [-0.4, -0.2) is 10.9 Å². The van der Waals surface area contributed by atoms with E-state index in [2.05, 4.69) is 10.4 Å². The summed E-state index contributed by atoms with van der Waals surface area (Å²) < 4.78 is 0. The van der Waals surface area contributed by atoms with Crippen LogP contribution in [0.1, 0.15) is 16.1 Å². The van der Waals surface area contributed by atoms with Crippen LogP contribution in [0.15, 0.2) is 29.6 Å². The van der Waals surface area contributed by atoms with Crippen LogP contribution in [0, 0.1) is 6.92 Å². The number of thiophene rings is 1. The van der Waals surface area contributed by atoms with Crippen molar-refractivity contribution in [3.8, 4) is 10.6 Å². The first-order chi connectivity index (χ1) is 7.72. The van der Waals surface area contributed by atoms with Crippen LogP contribution >= 0.6 is 11.3 Å². The van der Waals surface area contributed by atoms with Gasteiger partial charge < -0.3 is 0 Å². The second-order valence-corrected chi connectivity index (χ2v) is 4.23. The van der Waals surface area contributed by atoms with Gasteiger partial charge in [0, 0.05) is 0 Å². The van der Waals surface area contributed by atoms with Crippen molar-refractivity contribution in [2.75, 3.05) is 0 Å². The van der Waals surface area contributed by atoms with Crippen LogP contribution in [0.25, 0.3) is 10.6 Å². The Bertz CT molecular complexity index is 508. The normalized spacial score (nSPS) is 10.1. The van der Waals surface area contributed by atoms with Gasteiger partial charge in [-0.25, -0.2) is 5.84 Å². The molecule has 16 heavy (non-hydrogen) atoms. The average molecular weight is 233 g/mol. The zero-order chi connectivity index (χ0) is 11.5. The van der Waals surface area contributed by atoms with Crippen molar-refractivity contribution in [3.63, 3.8) is 0 Å². The van der Waals surface area contributed by atoms with Crippen LogP contribution < -0.4 is 11.3 Å². The number of carbonyl (C=O) groups excluding carboxylic acids is 1. The minimum absolute atomic E-state index is 0.317. The van der Waals surface area contributed by atoms with E-state index in [1.807, 2.05) is 23.6 Å². The van der Waals surface area contributed by atoms with Gasteiger partial charge in [0.15, 0.2) is 0 Å². The lowest BCUT2D eigenvalue weighted by Crippen LogP contribution is -2.30. The fraction of sp³-hybridized carbons (Fsp3) is 0.0909. The van der Waals surface area contributed by atoms with E-state index in [4.69, 9.17) is 5.84 Å². The van der Waals surface area contributed by atoms with E-state index in [1.54, 1.807) is 24.3 Å². The third-order valence-corrected chi connectivity index (χ3v) is 3.13. The number of nitrogens with two attached hydrogens (primary N) is 1. The van der Waals surface area contributed by atoms with Crippen molar-refractivity contribution in [3.05, 3.63) is 40.9 Å². The Morgan fingerprint density at radius 3 is 2.81 bits per heavy atom. The summed E-state index contributed by atoms with van der Waals surface area (Å²) in [5, 5.41) is 1.99. The van der Waals surface area contributed by atoms with Gasteiger partial charge in [-0.15, -0.1) is 11.3 Å². The number of pyridine rings is 1.